The number of carbonyl (C=O) groups excluding carboxylic acids is 1. The molecule has 2 aromatic rings. The molecule has 1 aromatic heterocycles. The lowest BCUT2D eigenvalue weighted by Crippen LogP contribution is -2.38. The van der Waals surface area contributed by atoms with Gasteiger partial charge < -0.3 is 14.2 Å². The Hall–Kier alpha value is -2.38. The molecule has 6 nitrogen and oxygen atoms in total. The van der Waals surface area contributed by atoms with Crippen LogP contribution in [0, 0.1) is 0 Å². The van der Waals surface area contributed by atoms with Crippen LogP contribution in [-0.2, 0) is 9.53 Å². The predicted molar refractivity (Wildman–Crippen MR) is 94.0 cm³/mol. The van der Waals surface area contributed by atoms with Gasteiger partial charge in [-0.15, -0.1) is 0 Å². The number of ether oxygens (including phenoxy) is 1. The van der Waals surface area contributed by atoms with Crippen LogP contribution in [0.1, 0.15) is 5.56 Å². The average molecular weight is 340 g/mol. The van der Waals surface area contributed by atoms with E-state index in [4.69, 9.17) is 4.74 Å². The maximum absolute atomic E-state index is 12.1. The number of carbonyl (C=O) groups is 1. The van der Waals surface area contributed by atoms with Gasteiger partial charge in [0.25, 0.3) is 5.91 Å². The number of morpholine rings is 1. The largest absolute Gasteiger partial charge is 0.378 e. The fraction of sp³-hybridized carbons (Fsp3) is 0.235. The molecule has 2 aliphatic heterocycles. The molecule has 1 aromatic carbocycles. The highest BCUT2D eigenvalue weighted by molar-refractivity contribution is 8.18. The summed E-state index contributed by atoms with van der Waals surface area (Å²) < 4.78 is 7.28. The van der Waals surface area contributed by atoms with Gasteiger partial charge in [-0.2, -0.15) is 4.99 Å². The van der Waals surface area contributed by atoms with Gasteiger partial charge in [-0.05, 0) is 35.5 Å². The Kier molecular flexibility index (Phi) is 4.18. The van der Waals surface area contributed by atoms with Gasteiger partial charge in [-0.25, -0.2) is 4.98 Å². The van der Waals surface area contributed by atoms with Crippen molar-refractivity contribution in [3.63, 3.8) is 0 Å². The van der Waals surface area contributed by atoms with Crippen molar-refractivity contribution in [1.29, 1.82) is 0 Å². The highest BCUT2D eigenvalue weighted by atomic mass is 32.2. The molecule has 4 rings (SSSR count). The molecular formula is C17H16N4O2S. The molecule has 0 bridgehead atoms. The number of thioether (sulfide) groups is 1. The summed E-state index contributed by atoms with van der Waals surface area (Å²) >= 11 is 1.44. The molecule has 0 saturated carbocycles. The van der Waals surface area contributed by atoms with Crippen LogP contribution in [0.25, 0.3) is 11.8 Å². The maximum atomic E-state index is 12.1. The number of benzene rings is 1. The molecule has 1 fully saturated rings. The first-order valence-electron chi connectivity index (χ1n) is 7.73. The average Bonchev–Trinajstić information content (AvgIpc) is 3.27. The van der Waals surface area contributed by atoms with Crippen molar-refractivity contribution in [2.45, 2.75) is 0 Å². The highest BCUT2D eigenvalue weighted by Gasteiger charge is 2.27. The summed E-state index contributed by atoms with van der Waals surface area (Å²) in [4.78, 5) is 23.1. The fourth-order valence-corrected chi connectivity index (χ4v) is 3.56. The van der Waals surface area contributed by atoms with E-state index in [9.17, 15) is 4.79 Å². The third-order valence-electron chi connectivity index (χ3n) is 3.88. The van der Waals surface area contributed by atoms with E-state index in [1.807, 2.05) is 41.1 Å². The van der Waals surface area contributed by atoms with Gasteiger partial charge in [0.2, 0.25) is 0 Å². The lowest BCUT2D eigenvalue weighted by molar-refractivity contribution is -0.113. The molecule has 3 heterocycles. The molecular weight excluding hydrogens is 324 g/mol. The van der Waals surface area contributed by atoms with E-state index in [1.165, 1.54) is 11.8 Å². The van der Waals surface area contributed by atoms with Crippen molar-refractivity contribution in [2.75, 3.05) is 26.3 Å². The standard InChI is InChI=1S/C17H16N4O2S/c22-16-15(24-17(19-16)20-7-9-23-10-8-20)11-13-1-3-14(4-2-13)21-6-5-18-12-21/h1-6,11-12H,7-10H2. The van der Waals surface area contributed by atoms with Gasteiger partial charge >= 0.3 is 0 Å². The molecule has 2 aliphatic rings. The van der Waals surface area contributed by atoms with Gasteiger partial charge in [0.05, 0.1) is 24.4 Å². The zero-order chi connectivity index (χ0) is 16.4. The fourth-order valence-electron chi connectivity index (χ4n) is 2.59. The Morgan fingerprint density at radius 3 is 2.67 bits per heavy atom. The number of imidazole rings is 1. The van der Waals surface area contributed by atoms with E-state index >= 15 is 0 Å². The number of amides is 1. The van der Waals surface area contributed by atoms with Crippen molar-refractivity contribution in [1.82, 2.24) is 14.5 Å². The van der Waals surface area contributed by atoms with E-state index < -0.39 is 0 Å². The molecule has 0 radical (unpaired) electrons. The first-order chi connectivity index (χ1) is 11.8. The third-order valence-corrected chi connectivity index (χ3v) is 4.93. The Morgan fingerprint density at radius 2 is 1.96 bits per heavy atom. The normalized spacial score (nSPS) is 19.8. The van der Waals surface area contributed by atoms with Gasteiger partial charge in [0, 0.05) is 31.2 Å². The maximum Gasteiger partial charge on any atom is 0.286 e. The molecule has 0 N–H and O–H groups in total. The first kappa shape index (κ1) is 15.2. The first-order valence-corrected chi connectivity index (χ1v) is 8.55. The number of aliphatic imine (C=N–C) groups is 1. The van der Waals surface area contributed by atoms with E-state index in [0.717, 1.165) is 29.5 Å². The number of aromatic nitrogens is 2. The Balaban J connectivity index is 1.49. The van der Waals surface area contributed by atoms with Gasteiger partial charge in [-0.1, -0.05) is 12.1 Å². The number of hydrogen-bond acceptors (Lipinski definition) is 5. The van der Waals surface area contributed by atoms with Crippen LogP contribution in [0.3, 0.4) is 0 Å². The summed E-state index contributed by atoms with van der Waals surface area (Å²) in [5.41, 5.74) is 2.01. The second-order valence-electron chi connectivity index (χ2n) is 5.47. The van der Waals surface area contributed by atoms with Crippen molar-refractivity contribution in [2.24, 2.45) is 4.99 Å². The Labute approximate surface area is 143 Å². The van der Waals surface area contributed by atoms with Crippen LogP contribution in [0.2, 0.25) is 0 Å². The summed E-state index contributed by atoms with van der Waals surface area (Å²) in [5, 5.41) is 0.782. The lowest BCUT2D eigenvalue weighted by Gasteiger charge is -2.27. The quantitative estimate of drug-likeness (QED) is 0.784. The lowest BCUT2D eigenvalue weighted by atomic mass is 10.2. The molecule has 0 spiro atoms. The van der Waals surface area contributed by atoms with Crippen molar-refractivity contribution in [3.8, 4) is 5.69 Å². The van der Waals surface area contributed by atoms with Crippen molar-refractivity contribution >= 4 is 28.9 Å². The number of amidine groups is 1. The monoisotopic (exact) mass is 340 g/mol. The molecule has 7 heteroatoms. The number of nitrogens with zero attached hydrogens (tertiary/aromatic N) is 4. The number of hydrogen-bond donors (Lipinski definition) is 0. The minimum Gasteiger partial charge on any atom is -0.378 e. The van der Waals surface area contributed by atoms with E-state index in [2.05, 4.69) is 14.9 Å². The molecule has 1 amide bonds. The van der Waals surface area contributed by atoms with Crippen molar-refractivity contribution < 1.29 is 9.53 Å². The van der Waals surface area contributed by atoms with Crippen molar-refractivity contribution in [3.05, 3.63) is 53.5 Å². The molecule has 1 saturated heterocycles. The summed E-state index contributed by atoms with van der Waals surface area (Å²) in [5.74, 6) is -0.167. The van der Waals surface area contributed by atoms with Crippen LogP contribution in [-0.4, -0.2) is 51.8 Å². The molecule has 0 aliphatic carbocycles. The Morgan fingerprint density at radius 1 is 1.17 bits per heavy atom. The number of rotatable bonds is 2. The van der Waals surface area contributed by atoms with Crippen LogP contribution in [0.5, 0.6) is 0 Å². The van der Waals surface area contributed by atoms with Crippen LogP contribution in [0.4, 0.5) is 0 Å². The minimum atomic E-state index is -0.167. The summed E-state index contributed by atoms with van der Waals surface area (Å²) in [6.07, 6.45) is 7.29. The topological polar surface area (TPSA) is 59.7 Å². The molecule has 0 atom stereocenters. The smallest absolute Gasteiger partial charge is 0.286 e. The van der Waals surface area contributed by atoms with Crippen LogP contribution >= 0.6 is 11.8 Å². The second-order valence-corrected chi connectivity index (χ2v) is 6.48. The van der Waals surface area contributed by atoms with E-state index in [1.54, 1.807) is 12.5 Å². The summed E-state index contributed by atoms with van der Waals surface area (Å²) in [6, 6.07) is 7.98. The van der Waals surface area contributed by atoms with Crippen LogP contribution in [0.15, 0.2) is 52.9 Å². The SMILES string of the molecule is O=C1N=C(N2CCOCC2)SC1=Cc1ccc(-n2ccnc2)cc1. The Bertz CT molecular complexity index is 791. The predicted octanol–water partition coefficient (Wildman–Crippen LogP) is 2.17. The zero-order valence-electron chi connectivity index (χ0n) is 13.0. The summed E-state index contributed by atoms with van der Waals surface area (Å²) in [7, 11) is 0. The van der Waals surface area contributed by atoms with E-state index in [-0.39, 0.29) is 5.91 Å². The highest BCUT2D eigenvalue weighted by Crippen LogP contribution is 2.30. The zero-order valence-corrected chi connectivity index (χ0v) is 13.8. The molecule has 0 unspecified atom stereocenters. The van der Waals surface area contributed by atoms with Gasteiger partial charge in [0.1, 0.15) is 0 Å². The van der Waals surface area contributed by atoms with E-state index in [0.29, 0.717) is 18.1 Å². The van der Waals surface area contributed by atoms with Crippen LogP contribution < -0.4 is 0 Å². The van der Waals surface area contributed by atoms with Gasteiger partial charge in [-0.3, -0.25) is 4.79 Å². The third kappa shape index (κ3) is 3.13. The summed E-state index contributed by atoms with van der Waals surface area (Å²) in [6.45, 7) is 2.93. The van der Waals surface area contributed by atoms with Gasteiger partial charge in [0.15, 0.2) is 5.17 Å². The minimum absolute atomic E-state index is 0.167. The second kappa shape index (κ2) is 6.62. The molecule has 24 heavy (non-hydrogen) atoms. The molecule has 122 valence electrons.